The molecule has 0 aromatic heterocycles. The molecule has 4 heteroatoms. The number of benzene rings is 2. The van der Waals surface area contributed by atoms with Crippen LogP contribution in [-0.2, 0) is 23.3 Å². The molecule has 0 saturated carbocycles. The quantitative estimate of drug-likeness (QED) is 0.203. The molecule has 0 bridgehead atoms. The number of ether oxygens (including phenoxy) is 2. The maximum Gasteiger partial charge on any atom is -0.0632 e. The Hall–Kier alpha value is -1.90. The van der Waals surface area contributed by atoms with Crippen LogP contribution in [0, 0.1) is 27.7 Å². The monoisotopic (exact) mass is 520 g/mol. The summed E-state index contributed by atoms with van der Waals surface area (Å²) in [5.41, 5.74) is 8.27. The van der Waals surface area contributed by atoms with Gasteiger partial charge in [-0.2, -0.15) is 28.3 Å². The third-order valence-electron chi connectivity index (χ3n) is 5.52. The zero-order chi connectivity index (χ0) is 23.8. The van der Waals surface area contributed by atoms with Gasteiger partial charge in [-0.1, -0.05) is 39.3 Å². The van der Waals surface area contributed by atoms with E-state index in [0.717, 1.165) is 17.1 Å². The number of rotatable bonds is 3. The summed E-state index contributed by atoms with van der Waals surface area (Å²) in [6.07, 6.45) is 0. The second-order valence-electron chi connectivity index (χ2n) is 8.20. The van der Waals surface area contributed by atoms with Gasteiger partial charge in [0.1, 0.15) is 11.5 Å². The molecule has 0 N–H and O–H groups in total. The van der Waals surface area contributed by atoms with Crippen molar-refractivity contribution >= 4 is 16.2 Å². The van der Waals surface area contributed by atoms with Crippen LogP contribution in [0.25, 0.3) is 21.9 Å². The largest absolute Gasteiger partial charge is 0.196 e. The van der Waals surface area contributed by atoms with Crippen molar-refractivity contribution in [2.45, 2.75) is 40.8 Å². The summed E-state index contributed by atoms with van der Waals surface area (Å²) in [7, 11) is 3.34. The molecule has 0 saturated heterocycles. The first kappa shape index (κ1) is 26.4. The van der Waals surface area contributed by atoms with Crippen molar-refractivity contribution in [3.63, 3.8) is 0 Å². The van der Waals surface area contributed by atoms with E-state index in [1.807, 2.05) is 18.2 Å². The third kappa shape index (κ3) is 7.05. The molecule has 0 amide bonds. The standard InChI is InChI=1S/C17H15O2.C9H13.C2H6Si.Zr/c1-18-14-9-13(10-15(11-14)19-2)17-8-7-12-5-3-4-6-16(12)17;1-6-5-7(2)9(4)8(6)3;1-3-2;/h3-11H,1-2H3;5H,1-4H3;1-2H3;/q2*-1;;+2. The molecule has 0 aliphatic carbocycles. The Balaban J connectivity index is 0.000000233. The molecule has 0 fully saturated rings. The summed E-state index contributed by atoms with van der Waals surface area (Å²) >= 11 is 1.74. The molecule has 166 valence electrons. The molecule has 0 unspecified atom stereocenters. The zero-order valence-corrected chi connectivity index (χ0v) is 24.0. The summed E-state index contributed by atoms with van der Waals surface area (Å²) < 4.78 is 10.7. The van der Waals surface area contributed by atoms with Crippen molar-refractivity contribution in [1.82, 2.24) is 0 Å². The summed E-state index contributed by atoms with van der Waals surface area (Å²) in [5, 5.41) is 2.50. The molecule has 0 atom stereocenters. The predicted molar refractivity (Wildman–Crippen MR) is 137 cm³/mol. The zero-order valence-electron chi connectivity index (χ0n) is 20.6. The minimum absolute atomic E-state index is 0.210. The topological polar surface area (TPSA) is 18.5 Å². The minimum Gasteiger partial charge on any atom is -0.196 e. The second kappa shape index (κ2) is 12.4. The molecular weight excluding hydrogens is 488 g/mol. The van der Waals surface area contributed by atoms with E-state index in [0.29, 0.717) is 0 Å². The van der Waals surface area contributed by atoms with E-state index in [2.05, 4.69) is 83.3 Å². The van der Waals surface area contributed by atoms with Crippen LogP contribution >= 0.6 is 0 Å². The Bertz CT molecular complexity index is 1130. The van der Waals surface area contributed by atoms with Crippen LogP contribution in [0.1, 0.15) is 22.3 Å². The maximum absolute atomic E-state index is 5.33. The van der Waals surface area contributed by atoms with E-state index < -0.39 is 0 Å². The molecule has 0 radical (unpaired) electrons. The van der Waals surface area contributed by atoms with Gasteiger partial charge in [0, 0.05) is 6.07 Å². The normalized spacial score (nSPS) is 10.1. The van der Waals surface area contributed by atoms with Crippen molar-refractivity contribution in [1.29, 1.82) is 0 Å². The van der Waals surface area contributed by atoms with Gasteiger partial charge in [0.05, 0.1) is 14.2 Å². The van der Waals surface area contributed by atoms with Crippen LogP contribution in [0.3, 0.4) is 0 Å². The molecule has 4 aromatic carbocycles. The van der Waals surface area contributed by atoms with E-state index >= 15 is 0 Å². The summed E-state index contributed by atoms with van der Waals surface area (Å²) in [4.78, 5) is 0. The van der Waals surface area contributed by atoms with Crippen LogP contribution in [0.2, 0.25) is 13.1 Å². The smallest absolute Gasteiger partial charge is 0.0632 e. The molecule has 32 heavy (non-hydrogen) atoms. The molecule has 0 aliphatic rings. The molecule has 0 aliphatic heterocycles. The van der Waals surface area contributed by atoms with Crippen LogP contribution in [-0.4, -0.2) is 19.7 Å². The molecule has 0 spiro atoms. The Morgan fingerprint density at radius 2 is 1.31 bits per heavy atom. The third-order valence-corrected chi connectivity index (χ3v) is 5.52. The van der Waals surface area contributed by atoms with Gasteiger partial charge in [-0.25, -0.2) is 0 Å². The first-order chi connectivity index (χ1) is 15.2. The van der Waals surface area contributed by atoms with E-state index in [4.69, 9.17) is 9.47 Å². The first-order valence-corrected chi connectivity index (χ1v) is 17.0. The van der Waals surface area contributed by atoms with Gasteiger partial charge >= 0.3 is 41.9 Å². The molecule has 4 rings (SSSR count). The number of fused-ring (bicyclic) bond motifs is 1. The Labute approximate surface area is 208 Å². The van der Waals surface area contributed by atoms with Crippen molar-refractivity contribution in [2.75, 3.05) is 14.2 Å². The van der Waals surface area contributed by atoms with Crippen molar-refractivity contribution in [3.05, 3.63) is 82.9 Å². The Kier molecular flexibility index (Phi) is 10.2. The van der Waals surface area contributed by atoms with Crippen LogP contribution in [0.4, 0.5) is 0 Å². The van der Waals surface area contributed by atoms with Gasteiger partial charge in [-0.05, 0) is 12.1 Å². The van der Waals surface area contributed by atoms with Gasteiger partial charge in [0.2, 0.25) is 0 Å². The Morgan fingerprint density at radius 3 is 1.75 bits per heavy atom. The first-order valence-electron chi connectivity index (χ1n) is 10.8. The fourth-order valence-corrected chi connectivity index (χ4v) is 3.50. The molecule has 0 heterocycles. The van der Waals surface area contributed by atoms with E-state index in [1.165, 1.54) is 38.6 Å². The van der Waals surface area contributed by atoms with Gasteiger partial charge in [0.25, 0.3) is 0 Å². The molecular formula is C28H34O2SiZr. The number of hydrogen-bond donors (Lipinski definition) is 0. The van der Waals surface area contributed by atoms with Gasteiger partial charge in [-0.3, -0.25) is 0 Å². The molecule has 4 aromatic rings. The fourth-order valence-electron chi connectivity index (χ4n) is 3.50. The van der Waals surface area contributed by atoms with Crippen molar-refractivity contribution < 1.29 is 32.8 Å². The van der Waals surface area contributed by atoms with Crippen molar-refractivity contribution in [2.24, 2.45) is 0 Å². The van der Waals surface area contributed by atoms with Gasteiger partial charge in [0.15, 0.2) is 0 Å². The number of aryl methyl sites for hydroxylation is 2. The van der Waals surface area contributed by atoms with Crippen LogP contribution in [0.15, 0.2) is 60.7 Å². The maximum atomic E-state index is 5.33. The van der Waals surface area contributed by atoms with Crippen LogP contribution in [0.5, 0.6) is 11.5 Å². The fraction of sp³-hybridized carbons (Fsp3) is 0.286. The van der Waals surface area contributed by atoms with Crippen LogP contribution < -0.4 is 9.47 Å². The Morgan fingerprint density at radius 1 is 0.812 bits per heavy atom. The van der Waals surface area contributed by atoms with E-state index in [9.17, 15) is 0 Å². The average Bonchev–Trinajstić information content (AvgIpc) is 3.30. The average molecular weight is 522 g/mol. The molecule has 2 nitrogen and oxygen atoms in total. The van der Waals surface area contributed by atoms with Crippen molar-refractivity contribution in [3.8, 4) is 22.6 Å². The predicted octanol–water partition coefficient (Wildman–Crippen LogP) is 7.67. The second-order valence-corrected chi connectivity index (χ2v) is 17.6. The SMILES string of the molecule is COc1cc(OC)cc(-c2c[cH-]c3ccccc23)c1.C[Si](C)=[Zr+2].Cc1[cH-]c(C)c(C)c1C. The summed E-state index contributed by atoms with van der Waals surface area (Å²) in [5.74, 6) is 1.61. The summed E-state index contributed by atoms with van der Waals surface area (Å²) in [6.45, 7) is 13.3. The summed E-state index contributed by atoms with van der Waals surface area (Å²) in [6, 6.07) is 20.8. The number of hydrogen-bond acceptors (Lipinski definition) is 2. The van der Waals surface area contributed by atoms with E-state index in [-0.39, 0.29) is 5.43 Å². The minimum atomic E-state index is 0.210. The number of methoxy groups -OCH3 is 2. The van der Waals surface area contributed by atoms with E-state index in [1.54, 1.807) is 37.6 Å². The van der Waals surface area contributed by atoms with Gasteiger partial charge in [-0.15, -0.1) is 46.7 Å². The van der Waals surface area contributed by atoms with Gasteiger partial charge < -0.3 is 9.47 Å².